The van der Waals surface area contributed by atoms with E-state index in [-0.39, 0.29) is 0 Å². The molecule has 0 saturated carbocycles. The molecular formula is C17H22N2O3. The molecule has 0 unspecified atom stereocenters. The molecule has 0 amide bonds. The summed E-state index contributed by atoms with van der Waals surface area (Å²) in [6.07, 6.45) is 1.73. The van der Waals surface area contributed by atoms with Crippen molar-refractivity contribution in [3.8, 4) is 17.4 Å². The lowest BCUT2D eigenvalue weighted by Gasteiger charge is -2.11. The molecule has 5 heteroatoms. The van der Waals surface area contributed by atoms with E-state index in [0.29, 0.717) is 19.1 Å². The summed E-state index contributed by atoms with van der Waals surface area (Å²) in [6.45, 7) is 4.61. The average molecular weight is 302 g/mol. The van der Waals surface area contributed by atoms with Crippen molar-refractivity contribution in [2.45, 2.75) is 6.92 Å². The molecule has 22 heavy (non-hydrogen) atoms. The molecule has 118 valence electrons. The standard InChI is InChI=1S/C17H22N2O3/c1-14-6-5-9-19-17(14)22-13-11-18-10-12-21-16-8-4-3-7-15(16)20-2/h3-9,18H,10-13H2,1-2H3. The summed E-state index contributed by atoms with van der Waals surface area (Å²) in [7, 11) is 1.64. The quantitative estimate of drug-likeness (QED) is 0.721. The molecular weight excluding hydrogens is 280 g/mol. The monoisotopic (exact) mass is 302 g/mol. The Hall–Kier alpha value is -2.27. The molecule has 0 atom stereocenters. The number of aromatic nitrogens is 1. The Bertz CT molecular complexity index is 575. The lowest BCUT2D eigenvalue weighted by molar-refractivity contribution is 0.274. The first-order valence-electron chi connectivity index (χ1n) is 7.32. The highest BCUT2D eigenvalue weighted by Gasteiger charge is 2.02. The van der Waals surface area contributed by atoms with Gasteiger partial charge in [-0.2, -0.15) is 0 Å². The summed E-state index contributed by atoms with van der Waals surface area (Å²) < 4.78 is 16.5. The molecule has 0 aliphatic carbocycles. The van der Waals surface area contributed by atoms with Crippen LogP contribution in [0.1, 0.15) is 5.56 Å². The lowest BCUT2D eigenvalue weighted by atomic mass is 10.3. The molecule has 1 N–H and O–H groups in total. The summed E-state index contributed by atoms with van der Waals surface area (Å²) in [5.41, 5.74) is 1.04. The van der Waals surface area contributed by atoms with E-state index in [0.717, 1.165) is 30.2 Å². The van der Waals surface area contributed by atoms with Gasteiger partial charge in [0.15, 0.2) is 11.5 Å². The fraction of sp³-hybridized carbons (Fsp3) is 0.353. The second-order valence-corrected chi connectivity index (χ2v) is 4.72. The third-order valence-electron chi connectivity index (χ3n) is 3.08. The predicted molar refractivity (Wildman–Crippen MR) is 85.8 cm³/mol. The smallest absolute Gasteiger partial charge is 0.216 e. The molecule has 0 aliphatic heterocycles. The van der Waals surface area contributed by atoms with Crippen LogP contribution in [-0.4, -0.2) is 38.4 Å². The van der Waals surface area contributed by atoms with Crippen LogP contribution < -0.4 is 19.5 Å². The topological polar surface area (TPSA) is 52.6 Å². The number of hydrogen-bond donors (Lipinski definition) is 1. The molecule has 2 aromatic rings. The number of rotatable bonds is 9. The van der Waals surface area contributed by atoms with Gasteiger partial charge >= 0.3 is 0 Å². The lowest BCUT2D eigenvalue weighted by Crippen LogP contribution is -2.26. The Morgan fingerprint density at radius 3 is 2.41 bits per heavy atom. The molecule has 5 nitrogen and oxygen atoms in total. The van der Waals surface area contributed by atoms with Crippen LogP contribution in [0.25, 0.3) is 0 Å². The van der Waals surface area contributed by atoms with E-state index in [9.17, 15) is 0 Å². The van der Waals surface area contributed by atoms with E-state index in [1.54, 1.807) is 13.3 Å². The van der Waals surface area contributed by atoms with E-state index in [2.05, 4.69) is 10.3 Å². The normalized spacial score (nSPS) is 10.3. The zero-order valence-corrected chi connectivity index (χ0v) is 13.0. The zero-order valence-electron chi connectivity index (χ0n) is 13.0. The van der Waals surface area contributed by atoms with Crippen LogP contribution in [-0.2, 0) is 0 Å². The van der Waals surface area contributed by atoms with Gasteiger partial charge in [-0.1, -0.05) is 18.2 Å². The van der Waals surface area contributed by atoms with E-state index in [1.165, 1.54) is 0 Å². The minimum atomic E-state index is 0.572. The van der Waals surface area contributed by atoms with E-state index < -0.39 is 0 Å². The number of para-hydroxylation sites is 2. The fourth-order valence-corrected chi connectivity index (χ4v) is 1.94. The van der Waals surface area contributed by atoms with Gasteiger partial charge in [0.05, 0.1) is 7.11 Å². The predicted octanol–water partition coefficient (Wildman–Crippen LogP) is 2.45. The number of hydrogen-bond acceptors (Lipinski definition) is 5. The third kappa shape index (κ3) is 4.93. The van der Waals surface area contributed by atoms with Crippen LogP contribution in [0.15, 0.2) is 42.6 Å². The maximum atomic E-state index is 5.67. The first-order valence-corrected chi connectivity index (χ1v) is 7.32. The van der Waals surface area contributed by atoms with Crippen molar-refractivity contribution in [3.05, 3.63) is 48.2 Å². The zero-order chi connectivity index (χ0) is 15.6. The molecule has 0 spiro atoms. The number of nitrogens with one attached hydrogen (secondary N) is 1. The molecule has 2 rings (SSSR count). The van der Waals surface area contributed by atoms with Crippen molar-refractivity contribution in [1.82, 2.24) is 10.3 Å². The minimum Gasteiger partial charge on any atom is -0.493 e. The van der Waals surface area contributed by atoms with Crippen LogP contribution in [0, 0.1) is 6.92 Å². The number of aryl methyl sites for hydroxylation is 1. The highest BCUT2D eigenvalue weighted by molar-refractivity contribution is 5.39. The molecule has 0 radical (unpaired) electrons. The molecule has 1 heterocycles. The number of methoxy groups -OCH3 is 1. The van der Waals surface area contributed by atoms with Gasteiger partial charge in [-0.25, -0.2) is 4.98 Å². The van der Waals surface area contributed by atoms with Gasteiger partial charge in [-0.3, -0.25) is 0 Å². The first kappa shape index (κ1) is 16.1. The maximum Gasteiger partial charge on any atom is 0.216 e. The molecule has 0 saturated heterocycles. The van der Waals surface area contributed by atoms with Gasteiger partial charge in [0.25, 0.3) is 0 Å². The van der Waals surface area contributed by atoms with Crippen LogP contribution in [0.5, 0.6) is 17.4 Å². The number of ether oxygens (including phenoxy) is 3. The van der Waals surface area contributed by atoms with Crippen molar-refractivity contribution in [2.24, 2.45) is 0 Å². The average Bonchev–Trinajstić information content (AvgIpc) is 2.56. The summed E-state index contributed by atoms with van der Waals surface area (Å²) in [6, 6.07) is 11.5. The Kier molecular flexibility index (Phi) is 6.51. The SMILES string of the molecule is COc1ccccc1OCCNCCOc1ncccc1C. The minimum absolute atomic E-state index is 0.572. The van der Waals surface area contributed by atoms with Gasteiger partial charge in [-0.05, 0) is 25.1 Å². The Balaban J connectivity index is 1.59. The molecule has 1 aromatic heterocycles. The van der Waals surface area contributed by atoms with Crippen LogP contribution >= 0.6 is 0 Å². The Labute approximate surface area is 131 Å². The summed E-state index contributed by atoms with van der Waals surface area (Å²) >= 11 is 0. The summed E-state index contributed by atoms with van der Waals surface area (Å²) in [5.74, 6) is 2.19. The largest absolute Gasteiger partial charge is 0.493 e. The van der Waals surface area contributed by atoms with Gasteiger partial charge in [-0.15, -0.1) is 0 Å². The van der Waals surface area contributed by atoms with Crippen molar-refractivity contribution < 1.29 is 14.2 Å². The third-order valence-corrected chi connectivity index (χ3v) is 3.08. The van der Waals surface area contributed by atoms with Gasteiger partial charge in [0.2, 0.25) is 5.88 Å². The summed E-state index contributed by atoms with van der Waals surface area (Å²) in [5, 5.41) is 3.26. The molecule has 0 fully saturated rings. The Morgan fingerprint density at radius 1 is 0.955 bits per heavy atom. The molecule has 0 aliphatic rings. The fourth-order valence-electron chi connectivity index (χ4n) is 1.94. The van der Waals surface area contributed by atoms with E-state index in [4.69, 9.17) is 14.2 Å². The van der Waals surface area contributed by atoms with Gasteiger partial charge in [0.1, 0.15) is 13.2 Å². The van der Waals surface area contributed by atoms with Crippen molar-refractivity contribution in [2.75, 3.05) is 33.4 Å². The second-order valence-electron chi connectivity index (χ2n) is 4.72. The van der Waals surface area contributed by atoms with Crippen molar-refractivity contribution in [1.29, 1.82) is 0 Å². The highest BCUT2D eigenvalue weighted by atomic mass is 16.5. The Morgan fingerprint density at radius 2 is 1.68 bits per heavy atom. The highest BCUT2D eigenvalue weighted by Crippen LogP contribution is 2.25. The van der Waals surface area contributed by atoms with Gasteiger partial charge < -0.3 is 19.5 Å². The van der Waals surface area contributed by atoms with Crippen molar-refractivity contribution in [3.63, 3.8) is 0 Å². The first-order chi connectivity index (χ1) is 10.8. The van der Waals surface area contributed by atoms with Crippen LogP contribution in [0.4, 0.5) is 0 Å². The van der Waals surface area contributed by atoms with E-state index >= 15 is 0 Å². The summed E-state index contributed by atoms with van der Waals surface area (Å²) in [4.78, 5) is 4.18. The molecule has 1 aromatic carbocycles. The molecule has 0 bridgehead atoms. The van der Waals surface area contributed by atoms with Crippen LogP contribution in [0.3, 0.4) is 0 Å². The second kappa shape index (κ2) is 8.89. The van der Waals surface area contributed by atoms with Crippen LogP contribution in [0.2, 0.25) is 0 Å². The van der Waals surface area contributed by atoms with E-state index in [1.807, 2.05) is 43.3 Å². The maximum absolute atomic E-state index is 5.67. The number of nitrogens with zero attached hydrogens (tertiary/aromatic N) is 1. The van der Waals surface area contributed by atoms with Gasteiger partial charge in [0, 0.05) is 24.8 Å². The van der Waals surface area contributed by atoms with Crippen molar-refractivity contribution >= 4 is 0 Å². The number of pyridine rings is 1. The number of benzene rings is 1.